The third-order valence-electron chi connectivity index (χ3n) is 8.44. The number of benzene rings is 3. The summed E-state index contributed by atoms with van der Waals surface area (Å²) in [6.07, 6.45) is 12.8. The first kappa shape index (κ1) is 34.5. The number of esters is 1. The summed E-state index contributed by atoms with van der Waals surface area (Å²) in [4.78, 5) is 26.9. The Balaban J connectivity index is 1.33. The maximum Gasteiger partial charge on any atom is 0.306 e. The van der Waals surface area contributed by atoms with Crippen LogP contribution in [0.5, 0.6) is 5.75 Å². The Bertz CT molecular complexity index is 1730. The van der Waals surface area contributed by atoms with E-state index in [0.717, 1.165) is 51.4 Å². The molecule has 0 bridgehead atoms. The molecule has 0 amide bonds. The number of aromatic nitrogens is 1. The van der Waals surface area contributed by atoms with Gasteiger partial charge in [-0.2, -0.15) is 0 Å². The molecule has 1 aliphatic rings. The third kappa shape index (κ3) is 9.40. The van der Waals surface area contributed by atoms with E-state index in [1.807, 2.05) is 48.7 Å². The fraction of sp³-hybridized carbons (Fsp3) is 0.325. The zero-order chi connectivity index (χ0) is 33.7. The van der Waals surface area contributed by atoms with Gasteiger partial charge < -0.3 is 24.4 Å². The molecule has 1 fully saturated rings. The van der Waals surface area contributed by atoms with Crippen molar-refractivity contribution in [1.82, 2.24) is 4.98 Å². The van der Waals surface area contributed by atoms with Gasteiger partial charge in [-0.15, -0.1) is 0 Å². The summed E-state index contributed by atoms with van der Waals surface area (Å²) >= 11 is 0. The van der Waals surface area contributed by atoms with Gasteiger partial charge >= 0.3 is 11.9 Å². The van der Waals surface area contributed by atoms with E-state index in [1.54, 1.807) is 25.3 Å². The van der Waals surface area contributed by atoms with Crippen molar-refractivity contribution in [2.24, 2.45) is 5.92 Å². The van der Waals surface area contributed by atoms with E-state index in [0.29, 0.717) is 38.9 Å². The quantitative estimate of drug-likeness (QED) is 0.0747. The van der Waals surface area contributed by atoms with Crippen molar-refractivity contribution in [2.75, 3.05) is 13.2 Å². The number of hydrogen-bond donors (Lipinski definition) is 2. The topological polar surface area (TPSA) is 115 Å². The fourth-order valence-electron chi connectivity index (χ4n) is 6.00. The lowest BCUT2D eigenvalue weighted by Crippen LogP contribution is -2.30. The van der Waals surface area contributed by atoms with Crippen LogP contribution in [-0.2, 0) is 23.8 Å². The molecule has 1 aliphatic heterocycles. The average molecular weight is 650 g/mol. The maximum absolute atomic E-state index is 11.7. The fourth-order valence-corrected chi connectivity index (χ4v) is 6.00. The third-order valence-corrected chi connectivity index (χ3v) is 8.44. The van der Waals surface area contributed by atoms with Gasteiger partial charge in [0.05, 0.1) is 19.3 Å². The molecule has 1 saturated heterocycles. The number of carboxylic acids is 1. The maximum atomic E-state index is 11.7. The largest absolute Gasteiger partial charge is 0.508 e. The number of phenolic OH excluding ortho intramolecular Hbond substituents is 1. The molecule has 4 aromatic rings. The number of phenols is 1. The second kappa shape index (κ2) is 17.4. The number of aliphatic carboxylic acids is 1. The van der Waals surface area contributed by atoms with Crippen molar-refractivity contribution >= 4 is 28.3 Å². The summed E-state index contributed by atoms with van der Waals surface area (Å²) in [7, 11) is 0. The molecular weight excluding hydrogens is 606 g/mol. The Hall–Kier alpha value is -4.79. The van der Waals surface area contributed by atoms with Crippen LogP contribution in [-0.4, -0.2) is 40.3 Å². The number of hydrogen-bond acceptors (Lipinski definition) is 7. The number of unbranched alkanes of at least 4 members (excludes halogenated alkanes) is 2. The van der Waals surface area contributed by atoms with Crippen LogP contribution in [0.1, 0.15) is 86.5 Å². The van der Waals surface area contributed by atoms with Crippen LogP contribution < -0.4 is 0 Å². The molecule has 48 heavy (non-hydrogen) atoms. The van der Waals surface area contributed by atoms with E-state index in [2.05, 4.69) is 41.4 Å². The SMILES string of the molecule is CCOC(=O)CC/C=C\C[C@@H]1CO[C@H](c2ccc3cc(/C(=C\CCCCC(=O)O)c4cccnc4)ccc3c2)O[C@@H]1c1ccccc1O. The normalized spacial score (nSPS) is 18.3. The zero-order valence-corrected chi connectivity index (χ0v) is 27.3. The molecule has 3 atom stereocenters. The van der Waals surface area contributed by atoms with Crippen molar-refractivity contribution in [3.05, 3.63) is 126 Å². The van der Waals surface area contributed by atoms with Crippen LogP contribution in [0, 0.1) is 5.92 Å². The lowest BCUT2D eigenvalue weighted by molar-refractivity contribution is -0.244. The van der Waals surface area contributed by atoms with Gasteiger partial charge in [0.2, 0.25) is 0 Å². The van der Waals surface area contributed by atoms with Gasteiger partial charge in [-0.3, -0.25) is 14.6 Å². The first-order chi connectivity index (χ1) is 23.4. The molecule has 2 heterocycles. The summed E-state index contributed by atoms with van der Waals surface area (Å²) in [5.41, 5.74) is 4.74. The van der Waals surface area contributed by atoms with E-state index in [4.69, 9.17) is 19.3 Å². The van der Waals surface area contributed by atoms with Gasteiger partial charge in [0.25, 0.3) is 0 Å². The summed E-state index contributed by atoms with van der Waals surface area (Å²) in [5, 5.41) is 21.8. The number of pyridine rings is 1. The average Bonchev–Trinajstić information content (AvgIpc) is 3.10. The molecule has 0 radical (unpaired) electrons. The summed E-state index contributed by atoms with van der Waals surface area (Å²) in [6, 6.07) is 23.7. The molecular formula is C40H43NO7. The second-order valence-electron chi connectivity index (χ2n) is 11.9. The molecule has 0 unspecified atom stereocenters. The molecule has 8 nitrogen and oxygen atoms in total. The lowest BCUT2D eigenvalue weighted by atomic mass is 9.91. The zero-order valence-electron chi connectivity index (χ0n) is 27.3. The predicted octanol–water partition coefficient (Wildman–Crippen LogP) is 8.71. The minimum Gasteiger partial charge on any atom is -0.508 e. The van der Waals surface area contributed by atoms with Crippen molar-refractivity contribution in [3.8, 4) is 5.75 Å². The molecule has 0 spiro atoms. The highest BCUT2D eigenvalue weighted by molar-refractivity contribution is 5.89. The van der Waals surface area contributed by atoms with E-state index in [-0.39, 0.29) is 30.2 Å². The van der Waals surface area contributed by atoms with Crippen LogP contribution in [0.2, 0.25) is 0 Å². The van der Waals surface area contributed by atoms with Crippen molar-refractivity contribution in [1.29, 1.82) is 0 Å². The number of para-hydroxylation sites is 1. The van der Waals surface area contributed by atoms with Gasteiger partial charge in [-0.05, 0) is 85.2 Å². The number of allylic oxidation sites excluding steroid dienone is 3. The lowest BCUT2D eigenvalue weighted by Gasteiger charge is -2.37. The Morgan fingerprint density at radius 3 is 2.56 bits per heavy atom. The highest BCUT2D eigenvalue weighted by Crippen LogP contribution is 2.43. The molecule has 5 rings (SSSR count). The number of ether oxygens (including phenoxy) is 3. The Morgan fingerprint density at radius 1 is 0.938 bits per heavy atom. The number of carbonyl (C=O) groups excluding carboxylic acids is 1. The monoisotopic (exact) mass is 649 g/mol. The minimum absolute atomic E-state index is 0.0294. The van der Waals surface area contributed by atoms with Gasteiger partial charge in [0.15, 0.2) is 6.29 Å². The van der Waals surface area contributed by atoms with Gasteiger partial charge in [-0.25, -0.2) is 0 Å². The highest BCUT2D eigenvalue weighted by Gasteiger charge is 2.34. The van der Waals surface area contributed by atoms with Gasteiger partial charge in [0.1, 0.15) is 5.75 Å². The van der Waals surface area contributed by atoms with Gasteiger partial charge in [-0.1, -0.05) is 66.8 Å². The first-order valence-electron chi connectivity index (χ1n) is 16.6. The molecule has 1 aromatic heterocycles. The summed E-state index contributed by atoms with van der Waals surface area (Å²) < 4.78 is 17.9. The molecule has 3 aromatic carbocycles. The van der Waals surface area contributed by atoms with E-state index >= 15 is 0 Å². The van der Waals surface area contributed by atoms with E-state index < -0.39 is 12.3 Å². The minimum atomic E-state index is -0.769. The Labute approximate surface area is 281 Å². The molecule has 0 aliphatic carbocycles. The van der Waals surface area contributed by atoms with Crippen molar-refractivity contribution in [3.63, 3.8) is 0 Å². The summed E-state index contributed by atoms with van der Waals surface area (Å²) in [6.45, 7) is 2.62. The molecule has 8 heteroatoms. The molecule has 250 valence electrons. The van der Waals surface area contributed by atoms with Gasteiger partial charge in [0, 0.05) is 47.8 Å². The van der Waals surface area contributed by atoms with Crippen LogP contribution in [0.4, 0.5) is 0 Å². The standard InChI is InChI=1S/C40H43NO7/c1-2-46-38(45)18-8-3-5-12-33-27-47-40(48-39(33)35-15-9-10-16-36(35)42)31-22-20-28-24-30(21-19-29(28)25-31)34(32-13-11-23-41-26-32)14-6-4-7-17-37(43)44/h3,5,9-11,13-16,19-26,33,39-40,42H,2,4,6-8,12,17-18,27H2,1H3,(H,43,44)/b5-3-,34-14+/t33-,39+,40+/m1/s1. The van der Waals surface area contributed by atoms with E-state index in [9.17, 15) is 14.7 Å². The number of rotatable bonds is 15. The number of nitrogens with zero attached hydrogens (tertiary/aromatic N) is 1. The second-order valence-corrected chi connectivity index (χ2v) is 11.9. The Kier molecular flexibility index (Phi) is 12.5. The first-order valence-corrected chi connectivity index (χ1v) is 16.6. The molecule has 2 N–H and O–H groups in total. The van der Waals surface area contributed by atoms with Crippen molar-refractivity contribution < 1.29 is 34.0 Å². The van der Waals surface area contributed by atoms with E-state index in [1.165, 1.54) is 0 Å². The molecule has 0 saturated carbocycles. The van der Waals surface area contributed by atoms with Crippen LogP contribution in [0.15, 0.2) is 103 Å². The Morgan fingerprint density at radius 2 is 1.77 bits per heavy atom. The highest BCUT2D eigenvalue weighted by atomic mass is 16.7. The summed E-state index contributed by atoms with van der Waals surface area (Å²) in [5.74, 6) is -0.819. The smallest absolute Gasteiger partial charge is 0.306 e. The van der Waals surface area contributed by atoms with Crippen LogP contribution in [0.3, 0.4) is 0 Å². The number of carboxylic acid groups (broad SMARTS) is 1. The predicted molar refractivity (Wildman–Crippen MR) is 185 cm³/mol. The number of carbonyl (C=O) groups is 2. The van der Waals surface area contributed by atoms with Crippen LogP contribution >= 0.6 is 0 Å². The van der Waals surface area contributed by atoms with Crippen LogP contribution in [0.25, 0.3) is 16.3 Å². The van der Waals surface area contributed by atoms with Crippen molar-refractivity contribution in [2.45, 2.75) is 64.3 Å². The number of fused-ring (bicyclic) bond motifs is 1. The number of aromatic hydroxyl groups is 1.